The van der Waals surface area contributed by atoms with E-state index in [1.807, 2.05) is 13.8 Å². The number of benzene rings is 3. The van der Waals surface area contributed by atoms with Gasteiger partial charge in [-0.2, -0.15) is 0 Å². The molecule has 0 aliphatic heterocycles. The van der Waals surface area contributed by atoms with Crippen molar-refractivity contribution in [2.75, 3.05) is 16.6 Å². The Bertz CT molecular complexity index is 1240. The van der Waals surface area contributed by atoms with Crippen molar-refractivity contribution in [3.63, 3.8) is 0 Å². The summed E-state index contributed by atoms with van der Waals surface area (Å²) >= 11 is 0. The summed E-state index contributed by atoms with van der Waals surface area (Å²) < 4.78 is 28.1. The van der Waals surface area contributed by atoms with E-state index in [4.69, 9.17) is 0 Å². The molecule has 8 heteroatoms. The van der Waals surface area contributed by atoms with Crippen molar-refractivity contribution >= 4 is 33.2 Å². The van der Waals surface area contributed by atoms with Crippen LogP contribution in [-0.2, 0) is 10.0 Å². The standard InChI is InChI=1S/C25H27N3O4S/c1-3-4-17-26-24(29)20-9-5-7-11-22(20)27-25(30)21-10-6-8-12-23(21)28-33(31,32)19-15-13-18(2)14-16-19/h5-16,28H,3-4,17H2,1-2H3,(H,26,29)(H,27,30). The first-order valence-corrected chi connectivity index (χ1v) is 12.2. The molecule has 0 atom stereocenters. The van der Waals surface area contributed by atoms with Gasteiger partial charge in [0.25, 0.3) is 21.8 Å². The predicted molar refractivity (Wildman–Crippen MR) is 130 cm³/mol. The number of para-hydroxylation sites is 2. The van der Waals surface area contributed by atoms with Crippen LogP contribution in [0.3, 0.4) is 0 Å². The van der Waals surface area contributed by atoms with E-state index in [0.717, 1.165) is 18.4 Å². The molecule has 33 heavy (non-hydrogen) atoms. The molecule has 0 aliphatic carbocycles. The zero-order chi connectivity index (χ0) is 23.8. The van der Waals surface area contributed by atoms with Crippen molar-refractivity contribution < 1.29 is 18.0 Å². The highest BCUT2D eigenvalue weighted by Crippen LogP contribution is 2.23. The smallest absolute Gasteiger partial charge is 0.261 e. The van der Waals surface area contributed by atoms with Crippen molar-refractivity contribution in [1.82, 2.24) is 5.32 Å². The highest BCUT2D eigenvalue weighted by atomic mass is 32.2. The van der Waals surface area contributed by atoms with Gasteiger partial charge in [-0.3, -0.25) is 14.3 Å². The number of anilines is 2. The Morgan fingerprint density at radius 1 is 0.788 bits per heavy atom. The molecule has 2 amide bonds. The number of hydrogen-bond acceptors (Lipinski definition) is 4. The molecule has 3 aromatic carbocycles. The molecule has 3 N–H and O–H groups in total. The SMILES string of the molecule is CCCCNC(=O)c1ccccc1NC(=O)c1ccccc1NS(=O)(=O)c1ccc(C)cc1. The Hall–Kier alpha value is -3.65. The van der Waals surface area contributed by atoms with Crippen molar-refractivity contribution in [3.05, 3.63) is 89.5 Å². The lowest BCUT2D eigenvalue weighted by molar-refractivity contribution is 0.0954. The minimum atomic E-state index is -3.89. The first-order chi connectivity index (χ1) is 15.8. The molecular weight excluding hydrogens is 438 g/mol. The van der Waals surface area contributed by atoms with Crippen LogP contribution in [0.5, 0.6) is 0 Å². The second kappa shape index (κ2) is 10.8. The first kappa shape index (κ1) is 24.0. The fraction of sp³-hybridized carbons (Fsp3) is 0.200. The number of hydrogen-bond donors (Lipinski definition) is 3. The molecule has 3 aromatic rings. The van der Waals surface area contributed by atoms with E-state index in [9.17, 15) is 18.0 Å². The van der Waals surface area contributed by atoms with Crippen molar-refractivity contribution in [2.24, 2.45) is 0 Å². The maximum Gasteiger partial charge on any atom is 0.261 e. The van der Waals surface area contributed by atoms with Gasteiger partial charge >= 0.3 is 0 Å². The van der Waals surface area contributed by atoms with E-state index in [1.54, 1.807) is 48.5 Å². The van der Waals surface area contributed by atoms with Gasteiger partial charge in [0.15, 0.2) is 0 Å². The lowest BCUT2D eigenvalue weighted by Gasteiger charge is -2.14. The van der Waals surface area contributed by atoms with Crippen molar-refractivity contribution in [3.8, 4) is 0 Å². The molecule has 0 fully saturated rings. The fourth-order valence-electron chi connectivity index (χ4n) is 3.14. The van der Waals surface area contributed by atoms with Gasteiger partial charge in [-0.25, -0.2) is 8.42 Å². The van der Waals surface area contributed by atoms with E-state index in [-0.39, 0.29) is 22.1 Å². The number of carbonyl (C=O) groups excluding carboxylic acids is 2. The van der Waals surface area contributed by atoms with Crippen molar-refractivity contribution in [1.29, 1.82) is 0 Å². The highest BCUT2D eigenvalue weighted by molar-refractivity contribution is 7.92. The van der Waals surface area contributed by atoms with Crippen LogP contribution >= 0.6 is 0 Å². The maximum absolute atomic E-state index is 13.1. The lowest BCUT2D eigenvalue weighted by atomic mass is 10.1. The van der Waals surface area contributed by atoms with Crippen LogP contribution in [-0.4, -0.2) is 26.8 Å². The van der Waals surface area contributed by atoms with Gasteiger partial charge in [-0.05, 0) is 49.7 Å². The molecule has 0 unspecified atom stereocenters. The molecule has 0 aliphatic rings. The Morgan fingerprint density at radius 2 is 1.36 bits per heavy atom. The number of amides is 2. The zero-order valence-corrected chi connectivity index (χ0v) is 19.4. The van der Waals surface area contributed by atoms with Crippen LogP contribution in [0.25, 0.3) is 0 Å². The Labute approximate surface area is 194 Å². The quantitative estimate of drug-likeness (QED) is 0.402. The molecule has 172 valence electrons. The molecule has 0 heterocycles. The monoisotopic (exact) mass is 465 g/mol. The third-order valence-corrected chi connectivity index (χ3v) is 6.36. The minimum absolute atomic E-state index is 0.0948. The second-order valence-corrected chi connectivity index (χ2v) is 9.26. The van der Waals surface area contributed by atoms with E-state index in [0.29, 0.717) is 17.8 Å². The predicted octanol–water partition coefficient (Wildman–Crippen LogP) is 4.58. The summed E-state index contributed by atoms with van der Waals surface area (Å²) in [4.78, 5) is 25.7. The number of rotatable bonds is 9. The van der Waals surface area contributed by atoms with Gasteiger partial charge in [0.1, 0.15) is 0 Å². The molecule has 0 spiro atoms. The Morgan fingerprint density at radius 3 is 2.00 bits per heavy atom. The van der Waals surface area contributed by atoms with Gasteiger partial charge in [0.2, 0.25) is 0 Å². The topological polar surface area (TPSA) is 104 Å². The van der Waals surface area contributed by atoms with E-state index in [2.05, 4.69) is 15.4 Å². The third-order valence-electron chi connectivity index (χ3n) is 4.98. The van der Waals surface area contributed by atoms with Gasteiger partial charge < -0.3 is 10.6 Å². The van der Waals surface area contributed by atoms with Crippen LogP contribution in [0.1, 0.15) is 46.0 Å². The third kappa shape index (κ3) is 6.20. The normalized spacial score (nSPS) is 11.0. The summed E-state index contributed by atoms with van der Waals surface area (Å²) in [5, 5.41) is 5.57. The Balaban J connectivity index is 1.83. The van der Waals surface area contributed by atoms with Gasteiger partial charge in [-0.15, -0.1) is 0 Å². The number of nitrogens with one attached hydrogen (secondary N) is 3. The highest BCUT2D eigenvalue weighted by Gasteiger charge is 2.20. The maximum atomic E-state index is 13.1. The van der Waals surface area contributed by atoms with E-state index >= 15 is 0 Å². The van der Waals surface area contributed by atoms with Crippen LogP contribution in [0, 0.1) is 6.92 Å². The van der Waals surface area contributed by atoms with Gasteiger partial charge in [-0.1, -0.05) is 55.3 Å². The second-order valence-electron chi connectivity index (χ2n) is 7.57. The molecule has 0 saturated carbocycles. The molecular formula is C25H27N3O4S. The van der Waals surface area contributed by atoms with Crippen LogP contribution in [0.4, 0.5) is 11.4 Å². The number of sulfonamides is 1. The summed E-state index contributed by atoms with van der Waals surface area (Å²) in [7, 11) is -3.89. The number of carbonyl (C=O) groups is 2. The largest absolute Gasteiger partial charge is 0.352 e. The fourth-order valence-corrected chi connectivity index (χ4v) is 4.22. The number of unbranched alkanes of at least 4 members (excludes halogenated alkanes) is 1. The summed E-state index contributed by atoms with van der Waals surface area (Å²) in [6, 6.07) is 19.4. The van der Waals surface area contributed by atoms with Crippen LogP contribution in [0.2, 0.25) is 0 Å². The Kier molecular flexibility index (Phi) is 7.84. The average Bonchev–Trinajstić information content (AvgIpc) is 2.80. The molecule has 0 aromatic heterocycles. The van der Waals surface area contributed by atoms with Crippen LogP contribution in [0.15, 0.2) is 77.7 Å². The summed E-state index contributed by atoms with van der Waals surface area (Å²) in [5.74, 6) is -0.821. The van der Waals surface area contributed by atoms with Crippen LogP contribution < -0.4 is 15.4 Å². The first-order valence-electron chi connectivity index (χ1n) is 10.7. The van der Waals surface area contributed by atoms with Gasteiger partial charge in [0.05, 0.1) is 27.4 Å². The average molecular weight is 466 g/mol. The molecule has 0 radical (unpaired) electrons. The summed E-state index contributed by atoms with van der Waals surface area (Å²) in [6.45, 7) is 4.44. The summed E-state index contributed by atoms with van der Waals surface area (Å²) in [5.41, 5.74) is 1.88. The van der Waals surface area contributed by atoms with E-state index in [1.165, 1.54) is 24.3 Å². The van der Waals surface area contributed by atoms with Crippen molar-refractivity contribution in [2.45, 2.75) is 31.6 Å². The number of aryl methyl sites for hydroxylation is 1. The minimum Gasteiger partial charge on any atom is -0.352 e. The van der Waals surface area contributed by atoms with E-state index < -0.39 is 15.9 Å². The summed E-state index contributed by atoms with van der Waals surface area (Å²) in [6.07, 6.45) is 1.81. The zero-order valence-electron chi connectivity index (χ0n) is 18.6. The molecule has 0 saturated heterocycles. The molecule has 3 rings (SSSR count). The lowest BCUT2D eigenvalue weighted by Crippen LogP contribution is -2.26. The van der Waals surface area contributed by atoms with Gasteiger partial charge in [0, 0.05) is 6.54 Å². The molecule has 0 bridgehead atoms. The molecule has 7 nitrogen and oxygen atoms in total.